The van der Waals surface area contributed by atoms with Crippen molar-refractivity contribution in [2.45, 2.75) is 19.3 Å². The topological polar surface area (TPSA) is 91.6 Å². The molecule has 8 nitrogen and oxygen atoms in total. The van der Waals surface area contributed by atoms with Crippen molar-refractivity contribution < 1.29 is 8.42 Å². The van der Waals surface area contributed by atoms with Gasteiger partial charge in [-0.05, 0) is 18.9 Å². The fraction of sp³-hybridized carbons (Fsp3) is 0.714. The zero-order chi connectivity index (χ0) is 16.9. The molecule has 2 heterocycles. The second-order valence-electron chi connectivity index (χ2n) is 5.65. The first-order chi connectivity index (χ1) is 10.9. The number of guanidine groups is 1. The summed E-state index contributed by atoms with van der Waals surface area (Å²) in [6.07, 6.45) is 5.04. The lowest BCUT2D eigenvalue weighted by atomic mass is 10.0. The summed E-state index contributed by atoms with van der Waals surface area (Å²) in [6, 6.07) is 0. The normalized spacial score (nSPS) is 19.3. The Labute approximate surface area is 138 Å². The number of nitrogens with one attached hydrogen (secondary N) is 2. The molecule has 2 N–H and O–H groups in total. The van der Waals surface area contributed by atoms with E-state index in [0.29, 0.717) is 19.0 Å². The van der Waals surface area contributed by atoms with Crippen molar-refractivity contribution >= 4 is 16.0 Å². The van der Waals surface area contributed by atoms with Gasteiger partial charge in [-0.1, -0.05) is 0 Å². The SMILES string of the molecule is CCS(=O)(=O)NCCNC(=NC)N1CCC(c2cnn(C)c2)C1. The third-order valence-electron chi connectivity index (χ3n) is 4.01. The van der Waals surface area contributed by atoms with Crippen LogP contribution in [0.2, 0.25) is 0 Å². The van der Waals surface area contributed by atoms with Crippen LogP contribution >= 0.6 is 0 Å². The molecule has 0 spiro atoms. The molecule has 130 valence electrons. The standard InChI is InChI=1S/C14H26N6O2S/c1-4-23(21,22)18-7-6-16-14(15-2)20-8-5-12(11-20)13-9-17-19(3)10-13/h9-10,12,18H,4-8,11H2,1-3H3,(H,15,16). The van der Waals surface area contributed by atoms with E-state index in [1.165, 1.54) is 5.56 Å². The van der Waals surface area contributed by atoms with E-state index in [0.717, 1.165) is 25.5 Å². The lowest BCUT2D eigenvalue weighted by Gasteiger charge is -2.21. The van der Waals surface area contributed by atoms with Crippen molar-refractivity contribution in [3.8, 4) is 0 Å². The Morgan fingerprint density at radius 2 is 2.26 bits per heavy atom. The van der Waals surface area contributed by atoms with Gasteiger partial charge in [-0.25, -0.2) is 13.1 Å². The van der Waals surface area contributed by atoms with E-state index in [1.54, 1.807) is 14.0 Å². The predicted molar refractivity (Wildman–Crippen MR) is 91.0 cm³/mol. The Bertz CT molecular complexity index is 639. The van der Waals surface area contributed by atoms with Gasteiger partial charge in [0.15, 0.2) is 5.96 Å². The molecule has 1 aliphatic heterocycles. The van der Waals surface area contributed by atoms with E-state index < -0.39 is 10.0 Å². The summed E-state index contributed by atoms with van der Waals surface area (Å²) in [5.74, 6) is 1.37. The summed E-state index contributed by atoms with van der Waals surface area (Å²) in [5.41, 5.74) is 1.25. The molecule has 1 atom stereocenters. The smallest absolute Gasteiger partial charge is 0.211 e. The molecule has 1 aromatic rings. The lowest BCUT2D eigenvalue weighted by molar-refractivity contribution is 0.486. The van der Waals surface area contributed by atoms with Crippen LogP contribution in [0.15, 0.2) is 17.4 Å². The van der Waals surface area contributed by atoms with Crippen LogP contribution in [0.1, 0.15) is 24.8 Å². The van der Waals surface area contributed by atoms with Gasteiger partial charge in [-0.3, -0.25) is 9.67 Å². The number of hydrogen-bond acceptors (Lipinski definition) is 4. The molecule has 0 bridgehead atoms. The molecule has 2 rings (SSSR count). The highest BCUT2D eigenvalue weighted by molar-refractivity contribution is 7.89. The van der Waals surface area contributed by atoms with Crippen molar-refractivity contribution in [1.82, 2.24) is 24.7 Å². The van der Waals surface area contributed by atoms with E-state index in [2.05, 4.69) is 31.2 Å². The molecular weight excluding hydrogens is 316 g/mol. The monoisotopic (exact) mass is 342 g/mol. The predicted octanol–water partition coefficient (Wildman–Crippen LogP) is -0.276. The van der Waals surface area contributed by atoms with E-state index in [1.807, 2.05) is 17.9 Å². The average molecular weight is 342 g/mol. The first kappa shape index (κ1) is 17.7. The van der Waals surface area contributed by atoms with Crippen molar-refractivity contribution in [2.75, 3.05) is 39.0 Å². The molecule has 1 saturated heterocycles. The summed E-state index contributed by atoms with van der Waals surface area (Å²) < 4.78 is 27.1. The fourth-order valence-corrected chi connectivity index (χ4v) is 3.31. The molecule has 0 amide bonds. The van der Waals surface area contributed by atoms with E-state index in [9.17, 15) is 8.42 Å². The van der Waals surface area contributed by atoms with Crippen LogP contribution in [0.3, 0.4) is 0 Å². The average Bonchev–Trinajstić information content (AvgIpc) is 3.16. The number of rotatable bonds is 6. The van der Waals surface area contributed by atoms with E-state index >= 15 is 0 Å². The highest BCUT2D eigenvalue weighted by Crippen LogP contribution is 2.26. The molecule has 1 unspecified atom stereocenters. The largest absolute Gasteiger partial charge is 0.355 e. The highest BCUT2D eigenvalue weighted by atomic mass is 32.2. The molecule has 1 aliphatic rings. The van der Waals surface area contributed by atoms with Crippen molar-refractivity contribution in [2.24, 2.45) is 12.0 Å². The molecule has 1 fully saturated rings. The number of sulfonamides is 1. The van der Waals surface area contributed by atoms with Gasteiger partial charge in [-0.15, -0.1) is 0 Å². The molecule has 0 aromatic carbocycles. The highest BCUT2D eigenvalue weighted by Gasteiger charge is 2.26. The van der Waals surface area contributed by atoms with Crippen molar-refractivity contribution in [3.63, 3.8) is 0 Å². The first-order valence-electron chi connectivity index (χ1n) is 7.86. The fourth-order valence-electron chi connectivity index (χ4n) is 2.69. The van der Waals surface area contributed by atoms with Crippen LogP contribution in [0, 0.1) is 0 Å². The minimum Gasteiger partial charge on any atom is -0.355 e. The summed E-state index contributed by atoms with van der Waals surface area (Å²) in [5, 5.41) is 7.44. The molecule has 23 heavy (non-hydrogen) atoms. The van der Waals surface area contributed by atoms with Gasteiger partial charge in [0, 0.05) is 52.4 Å². The molecule has 0 radical (unpaired) electrons. The number of aromatic nitrogens is 2. The summed E-state index contributed by atoms with van der Waals surface area (Å²) in [7, 11) is 0.532. The number of hydrogen-bond donors (Lipinski definition) is 2. The maximum atomic E-state index is 11.4. The van der Waals surface area contributed by atoms with Crippen molar-refractivity contribution in [3.05, 3.63) is 18.0 Å². The summed E-state index contributed by atoms with van der Waals surface area (Å²) in [6.45, 7) is 4.32. The van der Waals surface area contributed by atoms with Gasteiger partial charge >= 0.3 is 0 Å². The summed E-state index contributed by atoms with van der Waals surface area (Å²) in [4.78, 5) is 6.49. The van der Waals surface area contributed by atoms with Gasteiger partial charge in [0.05, 0.1) is 11.9 Å². The van der Waals surface area contributed by atoms with Crippen molar-refractivity contribution in [1.29, 1.82) is 0 Å². The third kappa shape index (κ3) is 4.93. The number of likely N-dealkylation sites (tertiary alicyclic amines) is 1. The van der Waals surface area contributed by atoms with Gasteiger partial charge in [-0.2, -0.15) is 5.10 Å². The first-order valence-corrected chi connectivity index (χ1v) is 9.52. The van der Waals surface area contributed by atoms with Crippen LogP contribution in [-0.2, 0) is 17.1 Å². The van der Waals surface area contributed by atoms with Gasteiger partial charge in [0.1, 0.15) is 0 Å². The van der Waals surface area contributed by atoms with Gasteiger partial charge in [0.25, 0.3) is 0 Å². The second kappa shape index (κ2) is 7.78. The molecule has 0 aliphatic carbocycles. The molecule has 1 aromatic heterocycles. The molecule has 0 saturated carbocycles. The quantitative estimate of drug-likeness (QED) is 0.422. The maximum absolute atomic E-state index is 11.4. The minimum absolute atomic E-state index is 0.0979. The molecular formula is C14H26N6O2S. The molecule has 9 heteroatoms. The Morgan fingerprint density at radius 1 is 1.48 bits per heavy atom. The Morgan fingerprint density at radius 3 is 2.87 bits per heavy atom. The van der Waals surface area contributed by atoms with E-state index in [-0.39, 0.29) is 5.75 Å². The van der Waals surface area contributed by atoms with E-state index in [4.69, 9.17) is 0 Å². The minimum atomic E-state index is -3.14. The Kier molecular flexibility index (Phi) is 6.00. The maximum Gasteiger partial charge on any atom is 0.211 e. The third-order valence-corrected chi connectivity index (χ3v) is 5.41. The van der Waals surface area contributed by atoms with Crippen LogP contribution in [-0.4, -0.2) is 68.0 Å². The number of aryl methyl sites for hydroxylation is 1. The van der Waals surface area contributed by atoms with Crippen LogP contribution < -0.4 is 10.0 Å². The van der Waals surface area contributed by atoms with Crippen LogP contribution in [0.25, 0.3) is 0 Å². The lowest BCUT2D eigenvalue weighted by Crippen LogP contribution is -2.43. The Hall–Kier alpha value is -1.61. The van der Waals surface area contributed by atoms with Crippen LogP contribution in [0.4, 0.5) is 0 Å². The number of aliphatic imine (C=N–C) groups is 1. The van der Waals surface area contributed by atoms with Gasteiger partial charge in [0.2, 0.25) is 10.0 Å². The zero-order valence-corrected chi connectivity index (χ0v) is 14.8. The second-order valence-corrected chi connectivity index (χ2v) is 7.75. The van der Waals surface area contributed by atoms with Crippen LogP contribution in [0.5, 0.6) is 0 Å². The number of nitrogens with zero attached hydrogens (tertiary/aromatic N) is 4. The summed E-state index contributed by atoms with van der Waals surface area (Å²) >= 11 is 0. The Balaban J connectivity index is 1.81. The zero-order valence-electron chi connectivity index (χ0n) is 14.0. The van der Waals surface area contributed by atoms with Gasteiger partial charge < -0.3 is 10.2 Å².